The van der Waals surface area contributed by atoms with Crippen molar-refractivity contribution in [1.82, 2.24) is 9.80 Å². The van der Waals surface area contributed by atoms with E-state index in [9.17, 15) is 9.59 Å². The average Bonchev–Trinajstić information content (AvgIpc) is 2.91. The molecule has 6 heteroatoms. The number of hydrogen-bond acceptors (Lipinski definition) is 5. The highest BCUT2D eigenvalue weighted by Crippen LogP contribution is 2.34. The SMILES string of the molecule is CCCOc1ccc(C2=C(N3CC(C)OC(C)C3)C(=O)N(CCC)C2=O)cc1. The van der Waals surface area contributed by atoms with Crippen molar-refractivity contribution in [3.05, 3.63) is 35.5 Å². The minimum absolute atomic E-state index is 0.00504. The highest BCUT2D eigenvalue weighted by molar-refractivity contribution is 6.35. The second kappa shape index (κ2) is 8.78. The zero-order valence-electron chi connectivity index (χ0n) is 17.2. The topological polar surface area (TPSA) is 59.1 Å². The van der Waals surface area contributed by atoms with Gasteiger partial charge in [0.2, 0.25) is 0 Å². The molecule has 6 nitrogen and oxygen atoms in total. The van der Waals surface area contributed by atoms with Crippen molar-refractivity contribution in [1.29, 1.82) is 0 Å². The maximum absolute atomic E-state index is 13.2. The molecule has 0 radical (unpaired) electrons. The van der Waals surface area contributed by atoms with Crippen LogP contribution in [0.4, 0.5) is 0 Å². The summed E-state index contributed by atoms with van der Waals surface area (Å²) in [7, 11) is 0. The minimum atomic E-state index is -0.212. The van der Waals surface area contributed by atoms with Crippen LogP contribution in [0, 0.1) is 0 Å². The van der Waals surface area contributed by atoms with Gasteiger partial charge in [-0.2, -0.15) is 0 Å². The van der Waals surface area contributed by atoms with Gasteiger partial charge in [0.1, 0.15) is 11.4 Å². The Hall–Kier alpha value is -2.34. The Morgan fingerprint density at radius 3 is 2.21 bits per heavy atom. The molecule has 0 aromatic heterocycles. The van der Waals surface area contributed by atoms with E-state index in [0.717, 1.165) is 24.2 Å². The monoisotopic (exact) mass is 386 g/mol. The van der Waals surface area contributed by atoms with Crippen molar-refractivity contribution in [3.8, 4) is 5.75 Å². The number of hydrogen-bond donors (Lipinski definition) is 0. The van der Waals surface area contributed by atoms with Gasteiger partial charge in [0, 0.05) is 19.6 Å². The van der Waals surface area contributed by atoms with Crippen molar-refractivity contribution in [3.63, 3.8) is 0 Å². The average molecular weight is 386 g/mol. The molecule has 2 amide bonds. The van der Waals surface area contributed by atoms with Crippen LogP contribution >= 0.6 is 0 Å². The molecule has 1 aromatic rings. The zero-order valence-corrected chi connectivity index (χ0v) is 17.2. The van der Waals surface area contributed by atoms with Crippen molar-refractivity contribution in [2.45, 2.75) is 52.7 Å². The highest BCUT2D eigenvalue weighted by Gasteiger charge is 2.42. The summed E-state index contributed by atoms with van der Waals surface area (Å²) >= 11 is 0. The third-order valence-corrected chi connectivity index (χ3v) is 4.94. The maximum Gasteiger partial charge on any atom is 0.277 e. The summed E-state index contributed by atoms with van der Waals surface area (Å²) in [4.78, 5) is 29.7. The molecule has 2 aliphatic heterocycles. The van der Waals surface area contributed by atoms with Gasteiger partial charge in [0.25, 0.3) is 11.8 Å². The van der Waals surface area contributed by atoms with E-state index >= 15 is 0 Å². The Bertz CT molecular complexity index is 746. The molecular formula is C22H30N2O4. The Morgan fingerprint density at radius 2 is 1.64 bits per heavy atom. The van der Waals surface area contributed by atoms with Gasteiger partial charge < -0.3 is 14.4 Å². The molecule has 2 unspecified atom stereocenters. The van der Waals surface area contributed by atoms with Crippen LogP contribution < -0.4 is 4.74 Å². The van der Waals surface area contributed by atoms with Crippen LogP contribution in [0.15, 0.2) is 30.0 Å². The van der Waals surface area contributed by atoms with Crippen molar-refractivity contribution < 1.29 is 19.1 Å². The first kappa shape index (κ1) is 20.4. The first-order valence-electron chi connectivity index (χ1n) is 10.2. The first-order chi connectivity index (χ1) is 13.5. The minimum Gasteiger partial charge on any atom is -0.494 e. The zero-order chi connectivity index (χ0) is 20.3. The number of imide groups is 1. The van der Waals surface area contributed by atoms with Gasteiger partial charge in [-0.3, -0.25) is 14.5 Å². The lowest BCUT2D eigenvalue weighted by atomic mass is 10.0. The molecule has 28 heavy (non-hydrogen) atoms. The number of rotatable bonds is 7. The van der Waals surface area contributed by atoms with Gasteiger partial charge in [-0.15, -0.1) is 0 Å². The molecule has 1 aromatic carbocycles. The van der Waals surface area contributed by atoms with Gasteiger partial charge in [0.15, 0.2) is 0 Å². The summed E-state index contributed by atoms with van der Waals surface area (Å²) in [6, 6.07) is 7.46. The standard InChI is InChI=1S/C22H30N2O4/c1-5-11-24-21(25)19(17-7-9-18(10-8-17)27-12-6-2)20(22(24)26)23-13-15(3)28-16(4)14-23/h7-10,15-16H,5-6,11-14H2,1-4H3. The number of nitrogens with zero attached hydrogens (tertiary/aromatic N) is 2. The van der Waals surface area contributed by atoms with Gasteiger partial charge in [-0.25, -0.2) is 0 Å². The van der Waals surface area contributed by atoms with E-state index in [1.54, 1.807) is 0 Å². The Morgan fingerprint density at radius 1 is 1.00 bits per heavy atom. The van der Waals surface area contributed by atoms with Crippen LogP contribution in [0.25, 0.3) is 5.57 Å². The molecule has 1 fully saturated rings. The lowest BCUT2D eigenvalue weighted by Crippen LogP contribution is -2.47. The van der Waals surface area contributed by atoms with E-state index < -0.39 is 0 Å². The van der Waals surface area contributed by atoms with E-state index in [0.29, 0.717) is 37.5 Å². The normalized spacial score (nSPS) is 23.0. The molecule has 3 rings (SSSR count). The number of amides is 2. The van der Waals surface area contributed by atoms with Crippen LogP contribution in [-0.4, -0.2) is 60.1 Å². The fraction of sp³-hybridized carbons (Fsp3) is 0.545. The summed E-state index contributed by atoms with van der Waals surface area (Å²) < 4.78 is 11.5. The fourth-order valence-corrected chi connectivity index (χ4v) is 3.84. The molecular weight excluding hydrogens is 356 g/mol. The Labute approximate surface area is 167 Å². The number of carbonyl (C=O) groups is 2. The quantitative estimate of drug-likeness (QED) is 0.674. The van der Waals surface area contributed by atoms with Gasteiger partial charge >= 0.3 is 0 Å². The van der Waals surface area contributed by atoms with E-state index in [-0.39, 0.29) is 24.0 Å². The van der Waals surface area contributed by atoms with Crippen LogP contribution in [0.1, 0.15) is 46.1 Å². The van der Waals surface area contributed by atoms with E-state index in [4.69, 9.17) is 9.47 Å². The van der Waals surface area contributed by atoms with E-state index in [1.165, 1.54) is 4.90 Å². The maximum atomic E-state index is 13.2. The molecule has 0 bridgehead atoms. The van der Waals surface area contributed by atoms with E-state index in [2.05, 4.69) is 6.92 Å². The Balaban J connectivity index is 1.99. The Kier molecular flexibility index (Phi) is 6.39. The summed E-state index contributed by atoms with van der Waals surface area (Å²) in [5.74, 6) is 0.355. The number of carbonyl (C=O) groups excluding carboxylic acids is 2. The van der Waals surface area contributed by atoms with Gasteiger partial charge in [-0.1, -0.05) is 26.0 Å². The third kappa shape index (κ3) is 4.07. The number of morpholine rings is 1. The van der Waals surface area contributed by atoms with Crippen LogP contribution in [0.3, 0.4) is 0 Å². The summed E-state index contributed by atoms with van der Waals surface area (Å²) in [6.07, 6.45) is 1.68. The lowest BCUT2D eigenvalue weighted by molar-refractivity contribution is -0.138. The van der Waals surface area contributed by atoms with Gasteiger partial charge in [0.05, 0.1) is 24.4 Å². The van der Waals surface area contributed by atoms with Crippen molar-refractivity contribution in [2.75, 3.05) is 26.2 Å². The predicted molar refractivity (Wildman–Crippen MR) is 108 cm³/mol. The van der Waals surface area contributed by atoms with Gasteiger partial charge in [-0.05, 0) is 44.4 Å². The molecule has 152 valence electrons. The summed E-state index contributed by atoms with van der Waals surface area (Å²) in [6.45, 7) is 10.3. The highest BCUT2D eigenvalue weighted by atomic mass is 16.5. The number of ether oxygens (including phenoxy) is 2. The number of benzene rings is 1. The van der Waals surface area contributed by atoms with E-state index in [1.807, 2.05) is 49.9 Å². The molecule has 1 saturated heterocycles. The summed E-state index contributed by atoms with van der Waals surface area (Å²) in [5, 5.41) is 0. The largest absolute Gasteiger partial charge is 0.494 e. The molecule has 0 spiro atoms. The molecule has 2 heterocycles. The van der Waals surface area contributed by atoms with Crippen molar-refractivity contribution in [2.24, 2.45) is 0 Å². The predicted octanol–water partition coefficient (Wildman–Crippen LogP) is 3.07. The molecule has 2 aliphatic rings. The van der Waals surface area contributed by atoms with Crippen LogP contribution in [-0.2, 0) is 14.3 Å². The van der Waals surface area contributed by atoms with Crippen LogP contribution in [0.5, 0.6) is 5.75 Å². The molecule has 0 N–H and O–H groups in total. The summed E-state index contributed by atoms with van der Waals surface area (Å²) in [5.41, 5.74) is 1.74. The molecule has 2 atom stereocenters. The van der Waals surface area contributed by atoms with Crippen molar-refractivity contribution >= 4 is 17.4 Å². The second-order valence-electron chi connectivity index (χ2n) is 7.52. The molecule has 0 saturated carbocycles. The molecule has 0 aliphatic carbocycles. The smallest absolute Gasteiger partial charge is 0.277 e. The third-order valence-electron chi connectivity index (χ3n) is 4.94. The van der Waals surface area contributed by atoms with Crippen LogP contribution in [0.2, 0.25) is 0 Å². The fourth-order valence-electron chi connectivity index (χ4n) is 3.84. The first-order valence-corrected chi connectivity index (χ1v) is 10.2. The second-order valence-corrected chi connectivity index (χ2v) is 7.52. The lowest BCUT2D eigenvalue weighted by Gasteiger charge is -2.37.